The number of hydrogen-bond donors (Lipinski definition) is 0. The Balaban J connectivity index is 4.09. The third-order valence-electron chi connectivity index (χ3n) is 1.74. The monoisotopic (exact) mass is 260 g/mol. The van der Waals surface area contributed by atoms with E-state index in [1.54, 1.807) is 4.90 Å². The van der Waals surface area contributed by atoms with Crippen molar-refractivity contribution in [3.8, 4) is 6.07 Å². The molecule has 0 N–H and O–H groups in total. The van der Waals surface area contributed by atoms with Gasteiger partial charge < -0.3 is 4.90 Å². The molecule has 0 aromatic rings. The van der Waals surface area contributed by atoms with Gasteiger partial charge in [0.25, 0.3) is 0 Å². The summed E-state index contributed by atoms with van der Waals surface area (Å²) in [6, 6.07) is 2.06. The number of hydrogen-bond acceptors (Lipinski definition) is 2. The van der Waals surface area contributed by atoms with Crippen LogP contribution in [0.5, 0.6) is 0 Å². The summed E-state index contributed by atoms with van der Waals surface area (Å²) in [6.45, 7) is 5.44. The first-order valence-electron chi connectivity index (χ1n) is 4.82. The quantitative estimate of drug-likeness (QED) is 0.688. The fourth-order valence-corrected chi connectivity index (χ4v) is 1.52. The van der Waals surface area contributed by atoms with Crippen molar-refractivity contribution in [1.82, 2.24) is 4.90 Å². The molecule has 3 nitrogen and oxygen atoms in total. The molecule has 0 aliphatic carbocycles. The van der Waals surface area contributed by atoms with Gasteiger partial charge in [0.05, 0.1) is 12.5 Å². The zero-order valence-corrected chi connectivity index (χ0v) is 10.4. The minimum Gasteiger partial charge on any atom is -0.341 e. The van der Waals surface area contributed by atoms with Gasteiger partial charge in [0.15, 0.2) is 0 Å². The lowest BCUT2D eigenvalue weighted by molar-refractivity contribution is -0.131. The van der Waals surface area contributed by atoms with Gasteiger partial charge in [-0.05, 0) is 5.92 Å². The van der Waals surface area contributed by atoms with Crippen LogP contribution in [0, 0.1) is 17.2 Å². The fourth-order valence-electron chi connectivity index (χ4n) is 1.18. The highest BCUT2D eigenvalue weighted by Crippen LogP contribution is 2.03. The smallest absolute Gasteiger partial charge is 0.223 e. The van der Waals surface area contributed by atoms with Crippen molar-refractivity contribution in [2.45, 2.75) is 26.7 Å². The molecule has 0 rings (SSSR count). The van der Waals surface area contributed by atoms with Crippen molar-refractivity contribution < 1.29 is 4.79 Å². The summed E-state index contributed by atoms with van der Waals surface area (Å²) in [7, 11) is 0. The molecule has 0 fully saturated rings. The molecule has 0 aliphatic rings. The van der Waals surface area contributed by atoms with Crippen LogP contribution in [-0.2, 0) is 4.79 Å². The van der Waals surface area contributed by atoms with E-state index < -0.39 is 0 Å². The number of rotatable bonds is 6. The van der Waals surface area contributed by atoms with Crippen LogP contribution < -0.4 is 0 Å². The molecule has 0 unspecified atom stereocenters. The van der Waals surface area contributed by atoms with Gasteiger partial charge in [-0.1, -0.05) is 29.8 Å². The average molecular weight is 261 g/mol. The number of halogens is 1. The predicted octanol–water partition coefficient (Wildman–Crippen LogP) is 2.17. The molecule has 0 heterocycles. The Kier molecular flexibility index (Phi) is 7.50. The summed E-state index contributed by atoms with van der Waals surface area (Å²) >= 11 is 3.24. The lowest BCUT2D eigenvalue weighted by Gasteiger charge is -2.23. The molecule has 0 aromatic carbocycles. The lowest BCUT2D eigenvalue weighted by Crippen LogP contribution is -2.35. The normalized spacial score (nSPS) is 9.93. The van der Waals surface area contributed by atoms with E-state index in [9.17, 15) is 4.79 Å². The lowest BCUT2D eigenvalue weighted by atomic mass is 10.2. The zero-order valence-electron chi connectivity index (χ0n) is 8.79. The van der Waals surface area contributed by atoms with Crippen LogP contribution in [0.3, 0.4) is 0 Å². The number of amides is 1. The molecule has 0 saturated heterocycles. The van der Waals surface area contributed by atoms with Gasteiger partial charge in [-0.2, -0.15) is 5.26 Å². The van der Waals surface area contributed by atoms with Crippen molar-refractivity contribution >= 4 is 21.8 Å². The maximum Gasteiger partial charge on any atom is 0.223 e. The molecule has 0 saturated carbocycles. The van der Waals surface area contributed by atoms with Crippen LogP contribution in [0.2, 0.25) is 0 Å². The maximum absolute atomic E-state index is 11.6. The number of nitriles is 1. The molecule has 4 heteroatoms. The van der Waals surface area contributed by atoms with Crippen LogP contribution in [0.1, 0.15) is 26.7 Å². The van der Waals surface area contributed by atoms with Gasteiger partial charge >= 0.3 is 0 Å². The third-order valence-corrected chi connectivity index (χ3v) is 2.14. The van der Waals surface area contributed by atoms with Crippen molar-refractivity contribution in [2.75, 3.05) is 18.4 Å². The first-order chi connectivity index (χ1) is 6.61. The first-order valence-corrected chi connectivity index (χ1v) is 5.94. The van der Waals surface area contributed by atoms with E-state index in [1.165, 1.54) is 0 Å². The second-order valence-electron chi connectivity index (χ2n) is 3.58. The minimum atomic E-state index is 0.130. The molecule has 0 radical (unpaired) electrons. The van der Waals surface area contributed by atoms with E-state index in [4.69, 9.17) is 5.26 Å². The van der Waals surface area contributed by atoms with Crippen LogP contribution in [-0.4, -0.2) is 29.2 Å². The van der Waals surface area contributed by atoms with E-state index >= 15 is 0 Å². The number of alkyl halides is 1. The van der Waals surface area contributed by atoms with E-state index in [-0.39, 0.29) is 5.91 Å². The van der Waals surface area contributed by atoms with Crippen molar-refractivity contribution in [1.29, 1.82) is 5.26 Å². The van der Waals surface area contributed by atoms with Crippen molar-refractivity contribution in [3.05, 3.63) is 0 Å². The maximum atomic E-state index is 11.6. The molecule has 0 aromatic heterocycles. The molecular weight excluding hydrogens is 244 g/mol. The molecule has 0 aliphatic heterocycles. The Morgan fingerprint density at radius 3 is 2.64 bits per heavy atom. The van der Waals surface area contributed by atoms with Gasteiger partial charge in [0.2, 0.25) is 5.91 Å². The standard InChI is InChI=1S/C10H17BrN2O/c1-9(2)8-13(7-3-6-12)10(14)4-5-11/h9H,3-5,7-8H2,1-2H3. The van der Waals surface area contributed by atoms with Gasteiger partial charge in [-0.15, -0.1) is 0 Å². The minimum absolute atomic E-state index is 0.130. The fraction of sp³-hybridized carbons (Fsp3) is 0.800. The van der Waals surface area contributed by atoms with Crippen molar-refractivity contribution in [2.24, 2.45) is 5.92 Å². The molecule has 0 atom stereocenters. The van der Waals surface area contributed by atoms with Crippen LogP contribution >= 0.6 is 15.9 Å². The molecule has 80 valence electrons. The van der Waals surface area contributed by atoms with Gasteiger partial charge in [0, 0.05) is 24.8 Å². The van der Waals surface area contributed by atoms with Crippen LogP contribution in [0.15, 0.2) is 0 Å². The van der Waals surface area contributed by atoms with Crippen LogP contribution in [0.25, 0.3) is 0 Å². The second kappa shape index (κ2) is 7.81. The molecular formula is C10H17BrN2O. The highest BCUT2D eigenvalue weighted by Gasteiger charge is 2.13. The number of carbonyl (C=O) groups is 1. The van der Waals surface area contributed by atoms with E-state index in [2.05, 4.69) is 35.8 Å². The Morgan fingerprint density at radius 2 is 2.21 bits per heavy atom. The summed E-state index contributed by atoms with van der Waals surface area (Å²) in [5.74, 6) is 0.582. The second-order valence-corrected chi connectivity index (χ2v) is 4.37. The van der Waals surface area contributed by atoms with Gasteiger partial charge in [-0.3, -0.25) is 4.79 Å². The summed E-state index contributed by atoms with van der Waals surface area (Å²) in [6.07, 6.45) is 0.929. The molecule has 1 amide bonds. The molecule has 14 heavy (non-hydrogen) atoms. The van der Waals surface area contributed by atoms with Crippen molar-refractivity contribution in [3.63, 3.8) is 0 Å². The highest BCUT2D eigenvalue weighted by molar-refractivity contribution is 9.09. The Labute approximate surface area is 94.2 Å². The Hall–Kier alpha value is -0.560. The SMILES string of the molecule is CC(C)CN(CCC#N)C(=O)CCBr. The molecule has 0 spiro atoms. The summed E-state index contributed by atoms with van der Waals surface area (Å²) in [4.78, 5) is 13.3. The average Bonchev–Trinajstić information content (AvgIpc) is 2.12. The summed E-state index contributed by atoms with van der Waals surface area (Å²) in [5, 5.41) is 9.15. The highest BCUT2D eigenvalue weighted by atomic mass is 79.9. The molecule has 0 bridgehead atoms. The summed E-state index contributed by atoms with van der Waals surface area (Å²) in [5.41, 5.74) is 0. The topological polar surface area (TPSA) is 44.1 Å². The van der Waals surface area contributed by atoms with Gasteiger partial charge in [-0.25, -0.2) is 0 Å². The first kappa shape index (κ1) is 13.4. The summed E-state index contributed by atoms with van der Waals surface area (Å²) < 4.78 is 0. The van der Waals surface area contributed by atoms with E-state index in [1.807, 2.05) is 0 Å². The third kappa shape index (κ3) is 5.98. The predicted molar refractivity (Wildman–Crippen MR) is 60.1 cm³/mol. The zero-order chi connectivity index (χ0) is 11.0. The Morgan fingerprint density at radius 1 is 1.57 bits per heavy atom. The Bertz CT molecular complexity index is 211. The van der Waals surface area contributed by atoms with E-state index in [0.717, 1.165) is 6.54 Å². The number of carbonyl (C=O) groups excluding carboxylic acids is 1. The van der Waals surface area contributed by atoms with E-state index in [0.29, 0.717) is 30.6 Å². The van der Waals surface area contributed by atoms with Crippen LogP contribution in [0.4, 0.5) is 0 Å². The van der Waals surface area contributed by atoms with Gasteiger partial charge in [0.1, 0.15) is 0 Å². The largest absolute Gasteiger partial charge is 0.341 e. The number of nitrogens with zero attached hydrogens (tertiary/aromatic N) is 2.